The molecule has 1 aromatic rings. The predicted octanol–water partition coefficient (Wildman–Crippen LogP) is 1.06. The lowest BCUT2D eigenvalue weighted by Crippen LogP contribution is -2.13. The first kappa shape index (κ1) is 10.5. The minimum absolute atomic E-state index is 0.0696. The predicted molar refractivity (Wildman–Crippen MR) is 60.7 cm³/mol. The highest BCUT2D eigenvalue weighted by Crippen LogP contribution is 2.31. The standard InChI is InChI=1S/C12H13N3O/c1-2-15-7-10(6-13)11(8-15)9-3-4-14-12(16)5-9/h2-5,10-11H,1,7-8H2,(H,14,16)/t10?,11-/m0/s1. The minimum Gasteiger partial charge on any atom is -0.376 e. The van der Waals surface area contributed by atoms with Gasteiger partial charge in [-0.3, -0.25) is 4.79 Å². The van der Waals surface area contributed by atoms with Gasteiger partial charge >= 0.3 is 0 Å². The van der Waals surface area contributed by atoms with Gasteiger partial charge in [-0.2, -0.15) is 5.26 Å². The van der Waals surface area contributed by atoms with Crippen molar-refractivity contribution in [1.82, 2.24) is 9.88 Å². The van der Waals surface area contributed by atoms with E-state index >= 15 is 0 Å². The normalized spacial score (nSPS) is 24.1. The van der Waals surface area contributed by atoms with E-state index in [0.717, 1.165) is 12.1 Å². The van der Waals surface area contributed by atoms with E-state index in [-0.39, 0.29) is 17.4 Å². The molecule has 16 heavy (non-hydrogen) atoms. The molecule has 0 amide bonds. The molecular formula is C12H13N3O. The van der Waals surface area contributed by atoms with Crippen molar-refractivity contribution in [2.45, 2.75) is 5.92 Å². The highest BCUT2D eigenvalue weighted by atomic mass is 16.1. The van der Waals surface area contributed by atoms with Gasteiger partial charge in [0.15, 0.2) is 0 Å². The van der Waals surface area contributed by atoms with Gasteiger partial charge in [0.2, 0.25) is 5.56 Å². The third kappa shape index (κ3) is 1.84. The average Bonchev–Trinajstić information content (AvgIpc) is 2.72. The molecule has 0 radical (unpaired) electrons. The first-order chi connectivity index (χ1) is 7.74. The van der Waals surface area contributed by atoms with Crippen LogP contribution in [0.5, 0.6) is 0 Å². The van der Waals surface area contributed by atoms with E-state index in [0.29, 0.717) is 6.54 Å². The monoisotopic (exact) mass is 215 g/mol. The number of likely N-dealkylation sites (tertiary alicyclic amines) is 1. The molecule has 1 N–H and O–H groups in total. The quantitative estimate of drug-likeness (QED) is 0.802. The first-order valence-corrected chi connectivity index (χ1v) is 5.19. The Bertz CT molecular complexity index is 486. The smallest absolute Gasteiger partial charge is 0.248 e. The van der Waals surface area contributed by atoms with E-state index in [1.165, 1.54) is 0 Å². The molecule has 1 fully saturated rings. The highest BCUT2D eigenvalue weighted by Gasteiger charge is 2.32. The van der Waals surface area contributed by atoms with Crippen LogP contribution in [-0.2, 0) is 0 Å². The van der Waals surface area contributed by atoms with Crippen molar-refractivity contribution < 1.29 is 0 Å². The van der Waals surface area contributed by atoms with Gasteiger partial charge in [-0.05, 0) is 17.8 Å². The third-order valence-electron chi connectivity index (χ3n) is 3.00. The van der Waals surface area contributed by atoms with Gasteiger partial charge in [0.25, 0.3) is 0 Å². The fraction of sp³-hybridized carbons (Fsp3) is 0.333. The molecular weight excluding hydrogens is 202 g/mol. The number of rotatable bonds is 2. The van der Waals surface area contributed by atoms with Crippen LogP contribution in [0.3, 0.4) is 0 Å². The second-order valence-corrected chi connectivity index (χ2v) is 3.96. The molecule has 0 saturated carbocycles. The average molecular weight is 215 g/mol. The summed E-state index contributed by atoms with van der Waals surface area (Å²) in [6, 6.07) is 5.73. The maximum Gasteiger partial charge on any atom is 0.248 e. The largest absolute Gasteiger partial charge is 0.376 e. The molecule has 0 bridgehead atoms. The SMILES string of the molecule is C=CN1CC(C#N)[C@H](c2cc[nH]c(=O)c2)C1. The first-order valence-electron chi connectivity index (χ1n) is 5.19. The van der Waals surface area contributed by atoms with Gasteiger partial charge in [-0.15, -0.1) is 0 Å². The number of nitrogens with one attached hydrogen (secondary N) is 1. The molecule has 1 aliphatic heterocycles. The summed E-state index contributed by atoms with van der Waals surface area (Å²) < 4.78 is 0. The number of pyridine rings is 1. The van der Waals surface area contributed by atoms with Crippen LogP contribution in [0.1, 0.15) is 11.5 Å². The van der Waals surface area contributed by atoms with Crippen LogP contribution >= 0.6 is 0 Å². The second kappa shape index (κ2) is 4.23. The van der Waals surface area contributed by atoms with Crippen molar-refractivity contribution in [3.05, 3.63) is 47.0 Å². The Kier molecular flexibility index (Phi) is 2.78. The Morgan fingerprint density at radius 2 is 2.44 bits per heavy atom. The van der Waals surface area contributed by atoms with Crippen molar-refractivity contribution in [2.75, 3.05) is 13.1 Å². The molecule has 0 aromatic carbocycles. The van der Waals surface area contributed by atoms with E-state index in [9.17, 15) is 4.79 Å². The summed E-state index contributed by atoms with van der Waals surface area (Å²) in [7, 11) is 0. The van der Waals surface area contributed by atoms with Crippen LogP contribution < -0.4 is 5.56 Å². The number of hydrogen-bond acceptors (Lipinski definition) is 3. The maximum atomic E-state index is 11.2. The summed E-state index contributed by atoms with van der Waals surface area (Å²) in [4.78, 5) is 15.8. The van der Waals surface area contributed by atoms with Crippen molar-refractivity contribution in [3.8, 4) is 6.07 Å². The summed E-state index contributed by atoms with van der Waals surface area (Å²) >= 11 is 0. The summed E-state index contributed by atoms with van der Waals surface area (Å²) in [5, 5.41) is 9.08. The Hall–Kier alpha value is -2.02. The van der Waals surface area contributed by atoms with Crippen molar-refractivity contribution in [1.29, 1.82) is 5.26 Å². The highest BCUT2D eigenvalue weighted by molar-refractivity contribution is 5.22. The zero-order valence-corrected chi connectivity index (χ0v) is 8.89. The molecule has 2 heterocycles. The van der Waals surface area contributed by atoms with Crippen LogP contribution in [0.25, 0.3) is 0 Å². The van der Waals surface area contributed by atoms with E-state index in [1.54, 1.807) is 18.5 Å². The number of aromatic amines is 1. The summed E-state index contributed by atoms with van der Waals surface area (Å²) in [5.74, 6) is 0.0325. The molecule has 2 atom stereocenters. The number of H-pyrrole nitrogens is 1. The summed E-state index contributed by atoms with van der Waals surface area (Å²) in [5.41, 5.74) is 0.811. The van der Waals surface area contributed by atoms with E-state index in [4.69, 9.17) is 5.26 Å². The molecule has 0 aliphatic carbocycles. The Morgan fingerprint density at radius 1 is 1.62 bits per heavy atom. The fourth-order valence-electron chi connectivity index (χ4n) is 2.14. The fourth-order valence-corrected chi connectivity index (χ4v) is 2.14. The van der Waals surface area contributed by atoms with Crippen LogP contribution in [0.4, 0.5) is 0 Å². The van der Waals surface area contributed by atoms with Crippen LogP contribution in [0.2, 0.25) is 0 Å². The molecule has 1 unspecified atom stereocenters. The molecule has 0 spiro atoms. The van der Waals surface area contributed by atoms with Gasteiger partial charge in [0, 0.05) is 31.3 Å². The molecule has 2 rings (SSSR count). The zero-order chi connectivity index (χ0) is 11.5. The zero-order valence-electron chi connectivity index (χ0n) is 8.89. The summed E-state index contributed by atoms with van der Waals surface area (Å²) in [6.45, 7) is 5.15. The van der Waals surface area contributed by atoms with Gasteiger partial charge in [0.1, 0.15) is 0 Å². The minimum atomic E-state index is -0.119. The molecule has 1 aliphatic rings. The van der Waals surface area contributed by atoms with E-state index in [2.05, 4.69) is 17.6 Å². The number of nitriles is 1. The number of hydrogen-bond donors (Lipinski definition) is 1. The van der Waals surface area contributed by atoms with Gasteiger partial charge in [-0.25, -0.2) is 0 Å². The molecule has 1 saturated heterocycles. The van der Waals surface area contributed by atoms with E-state index < -0.39 is 0 Å². The Labute approximate surface area is 93.8 Å². The van der Waals surface area contributed by atoms with Gasteiger partial charge in [0.05, 0.1) is 12.0 Å². The van der Waals surface area contributed by atoms with Gasteiger partial charge in [-0.1, -0.05) is 6.58 Å². The number of aromatic nitrogens is 1. The lowest BCUT2D eigenvalue weighted by Gasteiger charge is -2.12. The third-order valence-corrected chi connectivity index (χ3v) is 3.00. The van der Waals surface area contributed by atoms with Crippen LogP contribution in [-0.4, -0.2) is 23.0 Å². The van der Waals surface area contributed by atoms with E-state index in [1.807, 2.05) is 11.0 Å². The Morgan fingerprint density at radius 3 is 3.06 bits per heavy atom. The molecule has 82 valence electrons. The molecule has 4 heteroatoms. The number of nitrogens with zero attached hydrogens (tertiary/aromatic N) is 2. The summed E-state index contributed by atoms with van der Waals surface area (Å²) in [6.07, 6.45) is 3.38. The maximum absolute atomic E-state index is 11.2. The molecule has 4 nitrogen and oxygen atoms in total. The molecule has 1 aromatic heterocycles. The topological polar surface area (TPSA) is 59.9 Å². The van der Waals surface area contributed by atoms with Gasteiger partial charge < -0.3 is 9.88 Å². The van der Waals surface area contributed by atoms with Crippen molar-refractivity contribution in [2.24, 2.45) is 5.92 Å². The van der Waals surface area contributed by atoms with Crippen LogP contribution in [0.15, 0.2) is 35.9 Å². The lowest BCUT2D eigenvalue weighted by atomic mass is 9.91. The second-order valence-electron chi connectivity index (χ2n) is 3.96. The lowest BCUT2D eigenvalue weighted by molar-refractivity contribution is 0.456. The Balaban J connectivity index is 2.30. The van der Waals surface area contributed by atoms with Crippen LogP contribution in [0, 0.1) is 17.2 Å². The van der Waals surface area contributed by atoms with Crippen molar-refractivity contribution >= 4 is 0 Å². The van der Waals surface area contributed by atoms with Crippen molar-refractivity contribution in [3.63, 3.8) is 0 Å².